The summed E-state index contributed by atoms with van der Waals surface area (Å²) in [7, 11) is 0. The Kier molecular flexibility index (Phi) is 4.58. The summed E-state index contributed by atoms with van der Waals surface area (Å²) in [6, 6.07) is 20.6. The Labute approximate surface area is 163 Å². The zero-order valence-electron chi connectivity index (χ0n) is 15.0. The Morgan fingerprint density at radius 3 is 2.21 bits per heavy atom. The first-order chi connectivity index (χ1) is 13.8. The number of nitrogens with zero attached hydrogens (tertiary/aromatic N) is 2. The van der Waals surface area contributed by atoms with Gasteiger partial charge in [0.05, 0.1) is 16.6 Å². The molecule has 0 spiro atoms. The third-order valence-electron chi connectivity index (χ3n) is 4.65. The Hall–Kier alpha value is -3.61. The summed E-state index contributed by atoms with van der Waals surface area (Å²) >= 11 is 0. The minimum Gasteiger partial charge on any atom is -0.478 e. The quantitative estimate of drug-likeness (QED) is 0.498. The van der Waals surface area contributed by atoms with Gasteiger partial charge in [-0.3, -0.25) is 0 Å². The van der Waals surface area contributed by atoms with Gasteiger partial charge in [0, 0.05) is 6.54 Å². The van der Waals surface area contributed by atoms with Gasteiger partial charge in [-0.1, -0.05) is 54.6 Å². The molecule has 1 heterocycles. The van der Waals surface area contributed by atoms with Crippen LogP contribution in [-0.2, 0) is 12.7 Å². The largest absolute Gasteiger partial charge is 0.478 e. The first kappa shape index (κ1) is 18.7. The molecular weight excluding hydrogens is 381 g/mol. The number of carboxylic acids is 1. The number of rotatable bonds is 4. The van der Waals surface area contributed by atoms with Gasteiger partial charge in [0.2, 0.25) is 5.82 Å². The van der Waals surface area contributed by atoms with Gasteiger partial charge in [0.1, 0.15) is 0 Å². The zero-order valence-corrected chi connectivity index (χ0v) is 15.0. The van der Waals surface area contributed by atoms with E-state index in [2.05, 4.69) is 4.98 Å². The van der Waals surface area contributed by atoms with Crippen molar-refractivity contribution in [2.24, 2.45) is 0 Å². The molecule has 29 heavy (non-hydrogen) atoms. The van der Waals surface area contributed by atoms with Gasteiger partial charge in [-0.2, -0.15) is 13.2 Å². The molecule has 4 rings (SSSR count). The molecule has 0 saturated carbocycles. The molecule has 0 saturated heterocycles. The summed E-state index contributed by atoms with van der Waals surface area (Å²) in [5.74, 6) is -2.26. The van der Waals surface area contributed by atoms with E-state index in [-0.39, 0.29) is 23.1 Å². The monoisotopic (exact) mass is 396 g/mol. The van der Waals surface area contributed by atoms with E-state index in [0.717, 1.165) is 15.7 Å². The number of halogens is 3. The lowest BCUT2D eigenvalue weighted by molar-refractivity contribution is -0.146. The molecule has 7 heteroatoms. The molecule has 0 unspecified atom stereocenters. The van der Waals surface area contributed by atoms with Crippen molar-refractivity contribution in [3.63, 3.8) is 0 Å². The van der Waals surface area contributed by atoms with Crippen LogP contribution in [0.25, 0.3) is 22.2 Å². The van der Waals surface area contributed by atoms with Crippen molar-refractivity contribution in [1.29, 1.82) is 0 Å². The number of fused-ring (bicyclic) bond motifs is 1. The van der Waals surface area contributed by atoms with Gasteiger partial charge in [-0.15, -0.1) is 0 Å². The van der Waals surface area contributed by atoms with E-state index < -0.39 is 18.0 Å². The molecule has 0 aliphatic carbocycles. The SMILES string of the molecule is O=C(O)c1ccc2nc(C(F)(F)F)n(Cc3ccc(-c4ccccc4)cc3)c2c1. The molecule has 0 aliphatic rings. The average Bonchev–Trinajstić information content (AvgIpc) is 3.07. The second kappa shape index (κ2) is 7.09. The molecule has 0 fully saturated rings. The lowest BCUT2D eigenvalue weighted by atomic mass is 10.0. The van der Waals surface area contributed by atoms with Crippen molar-refractivity contribution in [3.8, 4) is 11.1 Å². The number of aromatic nitrogens is 2. The topological polar surface area (TPSA) is 55.1 Å². The summed E-state index contributed by atoms with van der Waals surface area (Å²) in [6.07, 6.45) is -4.66. The first-order valence-corrected chi connectivity index (χ1v) is 8.78. The lowest BCUT2D eigenvalue weighted by Gasteiger charge is -2.12. The molecule has 3 aromatic carbocycles. The van der Waals surface area contributed by atoms with Crippen LogP contribution in [0.15, 0.2) is 72.8 Å². The van der Waals surface area contributed by atoms with Crippen LogP contribution in [-0.4, -0.2) is 20.6 Å². The first-order valence-electron chi connectivity index (χ1n) is 8.78. The van der Waals surface area contributed by atoms with Gasteiger partial charge in [-0.05, 0) is 34.9 Å². The predicted molar refractivity (Wildman–Crippen MR) is 103 cm³/mol. The summed E-state index contributed by atoms with van der Waals surface area (Å²) < 4.78 is 41.6. The molecule has 4 nitrogen and oxygen atoms in total. The Bertz CT molecular complexity index is 1180. The van der Waals surface area contributed by atoms with E-state index in [4.69, 9.17) is 0 Å². The van der Waals surface area contributed by atoms with Crippen LogP contribution < -0.4 is 0 Å². The Balaban J connectivity index is 1.76. The highest BCUT2D eigenvalue weighted by molar-refractivity contribution is 5.92. The van der Waals surface area contributed by atoms with Crippen molar-refractivity contribution in [2.75, 3.05) is 0 Å². The minimum absolute atomic E-state index is 0.0799. The number of imidazole rings is 1. The summed E-state index contributed by atoms with van der Waals surface area (Å²) in [5.41, 5.74) is 2.75. The van der Waals surface area contributed by atoms with E-state index in [1.807, 2.05) is 42.5 Å². The molecule has 0 atom stereocenters. The fourth-order valence-corrected chi connectivity index (χ4v) is 3.25. The molecule has 1 N–H and O–H groups in total. The van der Waals surface area contributed by atoms with Crippen LogP contribution in [0, 0.1) is 0 Å². The van der Waals surface area contributed by atoms with Gasteiger partial charge >= 0.3 is 12.1 Å². The van der Waals surface area contributed by atoms with Gasteiger partial charge < -0.3 is 9.67 Å². The van der Waals surface area contributed by atoms with Gasteiger partial charge in [0.25, 0.3) is 0 Å². The maximum atomic E-state index is 13.5. The van der Waals surface area contributed by atoms with Crippen molar-refractivity contribution in [3.05, 3.63) is 89.7 Å². The fourth-order valence-electron chi connectivity index (χ4n) is 3.25. The third kappa shape index (κ3) is 3.71. The van der Waals surface area contributed by atoms with E-state index in [9.17, 15) is 23.1 Å². The number of carbonyl (C=O) groups is 1. The average molecular weight is 396 g/mol. The minimum atomic E-state index is -4.66. The predicted octanol–water partition coefficient (Wildman–Crippen LogP) is 5.47. The van der Waals surface area contributed by atoms with E-state index in [1.165, 1.54) is 18.2 Å². The normalized spacial score (nSPS) is 11.7. The molecule has 0 radical (unpaired) electrons. The summed E-state index contributed by atoms with van der Waals surface area (Å²) in [5, 5.41) is 9.18. The number of benzene rings is 3. The maximum Gasteiger partial charge on any atom is 0.449 e. The number of hydrogen-bond donors (Lipinski definition) is 1. The van der Waals surface area contributed by atoms with Crippen molar-refractivity contribution in [1.82, 2.24) is 9.55 Å². The Morgan fingerprint density at radius 1 is 0.931 bits per heavy atom. The highest BCUT2D eigenvalue weighted by Gasteiger charge is 2.37. The molecule has 4 aromatic rings. The summed E-state index contributed by atoms with van der Waals surface area (Å²) in [4.78, 5) is 14.9. The smallest absolute Gasteiger partial charge is 0.449 e. The van der Waals surface area contributed by atoms with E-state index in [0.29, 0.717) is 5.56 Å². The van der Waals surface area contributed by atoms with Crippen molar-refractivity contribution in [2.45, 2.75) is 12.7 Å². The van der Waals surface area contributed by atoms with Crippen LogP contribution in [0.4, 0.5) is 13.2 Å². The molecule has 0 bridgehead atoms. The van der Waals surface area contributed by atoms with Crippen LogP contribution in [0.2, 0.25) is 0 Å². The molecule has 0 amide bonds. The van der Waals surface area contributed by atoms with Gasteiger partial charge in [-0.25, -0.2) is 9.78 Å². The summed E-state index contributed by atoms with van der Waals surface area (Å²) in [6.45, 7) is -0.0799. The number of carboxylic acid groups (broad SMARTS) is 1. The molecule has 146 valence electrons. The van der Waals surface area contributed by atoms with E-state index >= 15 is 0 Å². The highest BCUT2D eigenvalue weighted by atomic mass is 19.4. The molecule has 0 aliphatic heterocycles. The number of aromatic carboxylic acids is 1. The van der Waals surface area contributed by atoms with Crippen molar-refractivity contribution >= 4 is 17.0 Å². The molecule has 1 aromatic heterocycles. The maximum absolute atomic E-state index is 13.5. The molecular formula is C22H15F3N2O2. The standard InChI is InChI=1S/C22H15F3N2O2/c23-22(24,25)21-26-18-11-10-17(20(28)29)12-19(18)27(21)13-14-6-8-16(9-7-14)15-4-2-1-3-5-15/h1-12H,13H2,(H,28,29). The number of hydrogen-bond acceptors (Lipinski definition) is 2. The second-order valence-electron chi connectivity index (χ2n) is 6.59. The van der Waals surface area contributed by atoms with Crippen molar-refractivity contribution < 1.29 is 23.1 Å². The van der Waals surface area contributed by atoms with Crippen LogP contribution in [0.3, 0.4) is 0 Å². The Morgan fingerprint density at radius 2 is 1.59 bits per heavy atom. The zero-order chi connectivity index (χ0) is 20.6. The van der Waals surface area contributed by atoms with Gasteiger partial charge in [0.15, 0.2) is 0 Å². The number of alkyl halides is 3. The second-order valence-corrected chi connectivity index (χ2v) is 6.59. The third-order valence-corrected chi connectivity index (χ3v) is 4.65. The highest BCUT2D eigenvalue weighted by Crippen LogP contribution is 2.32. The van der Waals surface area contributed by atoms with Crippen LogP contribution >= 0.6 is 0 Å². The fraction of sp³-hybridized carbons (Fsp3) is 0.0909. The van der Waals surface area contributed by atoms with Crippen LogP contribution in [0.1, 0.15) is 21.7 Å². The van der Waals surface area contributed by atoms with Crippen LogP contribution in [0.5, 0.6) is 0 Å². The van der Waals surface area contributed by atoms with E-state index in [1.54, 1.807) is 12.1 Å². The lowest BCUT2D eigenvalue weighted by Crippen LogP contribution is -2.15.